The lowest BCUT2D eigenvalue weighted by Crippen LogP contribution is -2.23. The van der Waals surface area contributed by atoms with Gasteiger partial charge in [0.25, 0.3) is 9.84 Å². The fourth-order valence-corrected chi connectivity index (χ4v) is 3.29. The molecule has 17 heavy (non-hydrogen) atoms. The van der Waals surface area contributed by atoms with Gasteiger partial charge in [0.1, 0.15) is 0 Å². The van der Waals surface area contributed by atoms with Crippen molar-refractivity contribution in [3.63, 3.8) is 0 Å². The van der Waals surface area contributed by atoms with E-state index in [9.17, 15) is 21.6 Å². The van der Waals surface area contributed by atoms with Crippen molar-refractivity contribution in [1.29, 1.82) is 0 Å². The zero-order valence-corrected chi connectivity index (χ0v) is 10.2. The summed E-state index contributed by atoms with van der Waals surface area (Å²) in [5.41, 5.74) is -4.34. The molecule has 0 unspecified atom stereocenters. The van der Waals surface area contributed by atoms with E-state index in [0.717, 1.165) is 23.1 Å². The Hall–Kier alpha value is -1.08. The van der Waals surface area contributed by atoms with Gasteiger partial charge in [-0.05, 0) is 35.4 Å². The van der Waals surface area contributed by atoms with Crippen LogP contribution in [0.25, 0.3) is 10.1 Å². The number of thiophene rings is 1. The highest BCUT2D eigenvalue weighted by Gasteiger charge is 2.46. The summed E-state index contributed by atoms with van der Waals surface area (Å²) in [5, 5.41) is 2.55. The van der Waals surface area contributed by atoms with Crippen molar-refractivity contribution in [2.45, 2.75) is 17.3 Å². The second-order valence-electron chi connectivity index (χ2n) is 3.53. The molecule has 2 rings (SSSR count). The molecule has 2 aromatic rings. The van der Waals surface area contributed by atoms with Crippen LogP contribution in [0, 0.1) is 6.92 Å². The van der Waals surface area contributed by atoms with Gasteiger partial charge in [0, 0.05) is 4.70 Å². The second-order valence-corrected chi connectivity index (χ2v) is 6.38. The zero-order chi connectivity index (χ0) is 12.8. The molecule has 1 aromatic heterocycles. The van der Waals surface area contributed by atoms with Crippen LogP contribution in [0.3, 0.4) is 0 Å². The van der Waals surface area contributed by atoms with E-state index in [1.165, 1.54) is 17.4 Å². The largest absolute Gasteiger partial charge is 0.501 e. The third kappa shape index (κ3) is 1.93. The maximum absolute atomic E-state index is 12.3. The van der Waals surface area contributed by atoms with E-state index in [1.54, 1.807) is 5.38 Å². The van der Waals surface area contributed by atoms with Gasteiger partial charge in [0.05, 0.1) is 4.90 Å². The van der Waals surface area contributed by atoms with Crippen LogP contribution in [0.4, 0.5) is 13.2 Å². The first-order valence-corrected chi connectivity index (χ1v) is 6.89. The van der Waals surface area contributed by atoms with E-state index in [-0.39, 0.29) is 0 Å². The molecular formula is C10H7F3O2S2. The smallest absolute Gasteiger partial charge is 0.214 e. The molecule has 0 spiro atoms. The topological polar surface area (TPSA) is 34.1 Å². The van der Waals surface area contributed by atoms with Crippen LogP contribution in [0.2, 0.25) is 0 Å². The van der Waals surface area contributed by atoms with Crippen LogP contribution in [-0.2, 0) is 9.84 Å². The third-order valence-corrected chi connectivity index (χ3v) is 4.90. The molecule has 0 saturated carbocycles. The number of sulfone groups is 1. The van der Waals surface area contributed by atoms with Gasteiger partial charge in [-0.25, -0.2) is 8.42 Å². The molecule has 0 bridgehead atoms. The van der Waals surface area contributed by atoms with Gasteiger partial charge < -0.3 is 0 Å². The molecular weight excluding hydrogens is 273 g/mol. The van der Waals surface area contributed by atoms with Crippen LogP contribution in [0.1, 0.15) is 5.56 Å². The normalized spacial score (nSPS) is 13.2. The summed E-state index contributed by atoms with van der Waals surface area (Å²) in [6.45, 7) is 1.82. The van der Waals surface area contributed by atoms with Crippen LogP contribution < -0.4 is 0 Å². The van der Waals surface area contributed by atoms with Crippen molar-refractivity contribution in [2.75, 3.05) is 0 Å². The van der Waals surface area contributed by atoms with E-state index >= 15 is 0 Å². The average Bonchev–Trinajstić information content (AvgIpc) is 2.58. The summed E-state index contributed by atoms with van der Waals surface area (Å²) in [4.78, 5) is -0.709. The van der Waals surface area contributed by atoms with Gasteiger partial charge in [-0.1, -0.05) is 6.07 Å². The predicted octanol–water partition coefficient (Wildman–Crippen LogP) is 3.50. The number of alkyl halides is 3. The lowest BCUT2D eigenvalue weighted by Gasteiger charge is -2.07. The fraction of sp³-hybridized carbons (Fsp3) is 0.200. The number of fused-ring (bicyclic) bond motifs is 1. The number of aryl methyl sites for hydroxylation is 1. The molecule has 0 radical (unpaired) electrons. The Morgan fingerprint density at radius 2 is 1.88 bits per heavy atom. The first-order chi connectivity index (χ1) is 7.73. The van der Waals surface area contributed by atoms with Crippen LogP contribution in [0.5, 0.6) is 0 Å². The number of rotatable bonds is 1. The maximum Gasteiger partial charge on any atom is 0.501 e. The number of hydrogen-bond donors (Lipinski definition) is 0. The minimum atomic E-state index is -5.26. The molecule has 0 aliphatic heterocycles. The van der Waals surface area contributed by atoms with Crippen molar-refractivity contribution in [1.82, 2.24) is 0 Å². The molecule has 0 N–H and O–H groups in total. The highest BCUT2D eigenvalue weighted by atomic mass is 32.2. The van der Waals surface area contributed by atoms with E-state index in [4.69, 9.17) is 0 Å². The lowest BCUT2D eigenvalue weighted by atomic mass is 10.2. The molecule has 0 aliphatic carbocycles. The Morgan fingerprint density at radius 1 is 1.24 bits per heavy atom. The van der Waals surface area contributed by atoms with Crippen LogP contribution in [0.15, 0.2) is 28.5 Å². The summed E-state index contributed by atoms with van der Waals surface area (Å²) in [5.74, 6) is 0. The van der Waals surface area contributed by atoms with Crippen molar-refractivity contribution < 1.29 is 21.6 Å². The summed E-state index contributed by atoms with van der Waals surface area (Å²) in [6.07, 6.45) is 0. The van der Waals surface area contributed by atoms with Gasteiger partial charge in [0.2, 0.25) is 0 Å². The Labute approximate surface area is 99.6 Å². The minimum absolute atomic E-state index is 0.535. The van der Waals surface area contributed by atoms with Crippen molar-refractivity contribution in [3.8, 4) is 0 Å². The van der Waals surface area contributed by atoms with Gasteiger partial charge in [-0.3, -0.25) is 0 Å². The van der Waals surface area contributed by atoms with Crippen molar-refractivity contribution in [3.05, 3.63) is 29.1 Å². The molecule has 0 saturated heterocycles. The minimum Gasteiger partial charge on any atom is -0.214 e. The van der Waals surface area contributed by atoms with Crippen LogP contribution >= 0.6 is 11.3 Å². The molecule has 7 heteroatoms. The molecule has 0 fully saturated rings. The lowest BCUT2D eigenvalue weighted by molar-refractivity contribution is -0.0435. The quantitative estimate of drug-likeness (QED) is 0.801. The first kappa shape index (κ1) is 12.4. The predicted molar refractivity (Wildman–Crippen MR) is 59.8 cm³/mol. The second kappa shape index (κ2) is 3.71. The summed E-state index contributed by atoms with van der Waals surface area (Å²) < 4.78 is 59.9. The fourth-order valence-electron chi connectivity index (χ4n) is 1.44. The third-order valence-electron chi connectivity index (χ3n) is 2.36. The Morgan fingerprint density at radius 3 is 2.47 bits per heavy atom. The summed E-state index contributed by atoms with van der Waals surface area (Å²) in [7, 11) is -5.25. The highest BCUT2D eigenvalue weighted by Crippen LogP contribution is 2.34. The summed E-state index contributed by atoms with van der Waals surface area (Å²) in [6, 6.07) is 3.46. The van der Waals surface area contributed by atoms with Gasteiger partial charge >= 0.3 is 5.51 Å². The molecule has 1 heterocycles. The average molecular weight is 280 g/mol. The molecule has 1 aromatic carbocycles. The Bertz CT molecular complexity index is 668. The van der Waals surface area contributed by atoms with E-state index in [1.807, 2.05) is 6.92 Å². The molecule has 0 aliphatic rings. The number of benzene rings is 1. The van der Waals surface area contributed by atoms with Gasteiger partial charge in [-0.15, -0.1) is 11.3 Å². The highest BCUT2D eigenvalue weighted by molar-refractivity contribution is 7.92. The summed E-state index contributed by atoms with van der Waals surface area (Å²) >= 11 is 1.22. The van der Waals surface area contributed by atoms with E-state index in [0.29, 0.717) is 4.70 Å². The number of halogens is 3. The Balaban J connectivity index is 2.66. The molecule has 0 atom stereocenters. The van der Waals surface area contributed by atoms with E-state index < -0.39 is 20.2 Å². The maximum atomic E-state index is 12.3. The standard InChI is InChI=1S/C10H7F3O2S2/c1-6-5-16-9-4-7(2-3-8(6)9)17(14,15)10(11,12)13/h2-5H,1H3. The van der Waals surface area contributed by atoms with Crippen molar-refractivity contribution >= 4 is 31.3 Å². The molecule has 0 amide bonds. The Kier molecular flexibility index (Phi) is 2.70. The zero-order valence-electron chi connectivity index (χ0n) is 8.58. The first-order valence-electron chi connectivity index (χ1n) is 4.53. The van der Waals surface area contributed by atoms with Gasteiger partial charge in [-0.2, -0.15) is 13.2 Å². The molecule has 92 valence electrons. The SMILES string of the molecule is Cc1csc2cc(S(=O)(=O)C(F)(F)F)ccc12. The van der Waals surface area contributed by atoms with Gasteiger partial charge in [0.15, 0.2) is 0 Å². The van der Waals surface area contributed by atoms with Crippen LogP contribution in [-0.4, -0.2) is 13.9 Å². The van der Waals surface area contributed by atoms with Crippen molar-refractivity contribution in [2.24, 2.45) is 0 Å². The monoisotopic (exact) mass is 280 g/mol. The molecule has 2 nitrogen and oxygen atoms in total. The van der Waals surface area contributed by atoms with E-state index in [2.05, 4.69) is 0 Å². The number of hydrogen-bond acceptors (Lipinski definition) is 3.